The molecule has 0 bridgehead atoms. The van der Waals surface area contributed by atoms with Crippen molar-refractivity contribution in [3.63, 3.8) is 0 Å². The lowest BCUT2D eigenvalue weighted by molar-refractivity contribution is 0.105. The van der Waals surface area contributed by atoms with E-state index in [9.17, 15) is 8.42 Å². The number of hydrogen-bond acceptors (Lipinski definition) is 5. The van der Waals surface area contributed by atoms with Gasteiger partial charge in [0.05, 0.1) is 6.10 Å². The summed E-state index contributed by atoms with van der Waals surface area (Å²) in [6.45, 7) is 3.43. The summed E-state index contributed by atoms with van der Waals surface area (Å²) in [5, 5.41) is 9.67. The number of aromatic amines is 1. The molecule has 0 radical (unpaired) electrons. The van der Waals surface area contributed by atoms with Gasteiger partial charge in [-0.05, 0) is 33.2 Å². The van der Waals surface area contributed by atoms with Crippen LogP contribution in [0, 0.1) is 6.92 Å². The molecule has 2 heterocycles. The summed E-state index contributed by atoms with van der Waals surface area (Å²) in [5.41, 5.74) is 1.44. The van der Waals surface area contributed by atoms with E-state index in [1.807, 2.05) is 6.92 Å². The number of rotatable bonds is 7. The van der Waals surface area contributed by atoms with Crippen LogP contribution in [0.25, 0.3) is 0 Å². The molecule has 1 aromatic rings. The summed E-state index contributed by atoms with van der Waals surface area (Å²) in [7, 11) is -1.80. The molecule has 1 atom stereocenters. The predicted octanol–water partition coefficient (Wildman–Crippen LogP) is 0.285. The molecule has 0 saturated carbocycles. The van der Waals surface area contributed by atoms with Crippen LogP contribution in [0.1, 0.15) is 30.5 Å². The van der Waals surface area contributed by atoms with Gasteiger partial charge in [-0.1, -0.05) is 0 Å². The molecule has 1 aromatic heterocycles. The normalized spacial score (nSPS) is 19.6. The number of aromatic nitrogens is 2. The van der Waals surface area contributed by atoms with E-state index in [1.165, 1.54) is 0 Å². The van der Waals surface area contributed by atoms with Crippen molar-refractivity contribution >= 4 is 10.0 Å². The van der Waals surface area contributed by atoms with Gasteiger partial charge < -0.3 is 10.1 Å². The molecular formula is C12H22N4O3S. The van der Waals surface area contributed by atoms with Gasteiger partial charge in [-0.2, -0.15) is 5.10 Å². The monoisotopic (exact) mass is 302 g/mol. The number of nitrogens with one attached hydrogen (secondary N) is 3. The van der Waals surface area contributed by atoms with Crippen molar-refractivity contribution in [1.82, 2.24) is 20.2 Å². The van der Waals surface area contributed by atoms with Crippen LogP contribution >= 0.6 is 0 Å². The molecule has 2 rings (SSSR count). The zero-order chi connectivity index (χ0) is 14.6. The molecule has 1 aliphatic heterocycles. The standard InChI is InChI=1S/C12H22N4O3S/c1-9-11(8-13-2)12(16-15-9)20(17,18)14-6-5-10-4-3-7-19-10/h10,13-14H,3-8H2,1-2H3,(H,15,16). The fraction of sp³-hybridized carbons (Fsp3) is 0.750. The molecule has 114 valence electrons. The lowest BCUT2D eigenvalue weighted by Crippen LogP contribution is -2.28. The maximum absolute atomic E-state index is 12.3. The molecule has 1 fully saturated rings. The number of H-pyrrole nitrogens is 1. The third kappa shape index (κ3) is 3.57. The van der Waals surface area contributed by atoms with E-state index in [-0.39, 0.29) is 11.1 Å². The summed E-state index contributed by atoms with van der Waals surface area (Å²) in [6.07, 6.45) is 2.94. The largest absolute Gasteiger partial charge is 0.378 e. The highest BCUT2D eigenvalue weighted by molar-refractivity contribution is 7.89. The Balaban J connectivity index is 1.98. The Labute approximate surface area is 119 Å². The summed E-state index contributed by atoms with van der Waals surface area (Å²) in [4.78, 5) is 0. The highest BCUT2D eigenvalue weighted by atomic mass is 32.2. The molecule has 0 aliphatic carbocycles. The van der Waals surface area contributed by atoms with Gasteiger partial charge in [0.2, 0.25) is 0 Å². The Morgan fingerprint density at radius 1 is 1.50 bits per heavy atom. The zero-order valence-electron chi connectivity index (χ0n) is 11.9. The first kappa shape index (κ1) is 15.4. The zero-order valence-corrected chi connectivity index (χ0v) is 12.7. The average Bonchev–Trinajstić information content (AvgIpc) is 3.01. The van der Waals surface area contributed by atoms with Crippen molar-refractivity contribution in [1.29, 1.82) is 0 Å². The van der Waals surface area contributed by atoms with Crippen molar-refractivity contribution in [3.05, 3.63) is 11.3 Å². The Bertz CT molecular complexity index is 535. The summed E-state index contributed by atoms with van der Waals surface area (Å²) >= 11 is 0. The van der Waals surface area contributed by atoms with E-state index in [0.29, 0.717) is 25.1 Å². The van der Waals surface area contributed by atoms with Crippen LogP contribution in [0.3, 0.4) is 0 Å². The second-order valence-electron chi connectivity index (χ2n) is 4.98. The fourth-order valence-corrected chi connectivity index (χ4v) is 3.57. The SMILES string of the molecule is CNCc1c(S(=O)(=O)NCCC2CCCO2)n[nH]c1C. The maximum Gasteiger partial charge on any atom is 0.260 e. The maximum atomic E-state index is 12.3. The number of ether oxygens (including phenoxy) is 1. The van der Waals surface area contributed by atoms with Crippen molar-refractivity contribution in [2.24, 2.45) is 0 Å². The molecule has 20 heavy (non-hydrogen) atoms. The highest BCUT2D eigenvalue weighted by Crippen LogP contribution is 2.17. The molecule has 0 amide bonds. The van der Waals surface area contributed by atoms with Gasteiger partial charge in [-0.3, -0.25) is 5.10 Å². The second kappa shape index (κ2) is 6.66. The minimum Gasteiger partial charge on any atom is -0.378 e. The third-order valence-electron chi connectivity index (χ3n) is 3.43. The van der Waals surface area contributed by atoms with Crippen LogP contribution in [0.4, 0.5) is 0 Å². The first-order valence-corrected chi connectivity index (χ1v) is 8.32. The van der Waals surface area contributed by atoms with E-state index in [1.54, 1.807) is 7.05 Å². The predicted molar refractivity (Wildman–Crippen MR) is 74.9 cm³/mol. The number of sulfonamides is 1. The Morgan fingerprint density at radius 2 is 2.30 bits per heavy atom. The third-order valence-corrected chi connectivity index (χ3v) is 4.86. The van der Waals surface area contributed by atoms with Gasteiger partial charge in [-0.25, -0.2) is 13.1 Å². The van der Waals surface area contributed by atoms with Crippen molar-refractivity contribution in [2.45, 2.75) is 43.9 Å². The smallest absolute Gasteiger partial charge is 0.260 e. The molecule has 1 aliphatic rings. The Hall–Kier alpha value is -0.960. The summed E-state index contributed by atoms with van der Waals surface area (Å²) < 4.78 is 32.6. The Morgan fingerprint density at radius 3 is 2.95 bits per heavy atom. The van der Waals surface area contributed by atoms with Crippen molar-refractivity contribution < 1.29 is 13.2 Å². The number of hydrogen-bond donors (Lipinski definition) is 3. The average molecular weight is 302 g/mol. The van der Waals surface area contributed by atoms with E-state index < -0.39 is 10.0 Å². The van der Waals surface area contributed by atoms with Gasteiger partial charge in [0.15, 0.2) is 5.03 Å². The van der Waals surface area contributed by atoms with E-state index in [4.69, 9.17) is 4.74 Å². The van der Waals surface area contributed by atoms with Crippen molar-refractivity contribution in [2.75, 3.05) is 20.2 Å². The molecule has 8 heteroatoms. The van der Waals surface area contributed by atoms with Crippen LogP contribution in [-0.2, 0) is 21.3 Å². The number of aryl methyl sites for hydroxylation is 1. The highest BCUT2D eigenvalue weighted by Gasteiger charge is 2.24. The molecule has 0 spiro atoms. The molecule has 1 unspecified atom stereocenters. The lowest BCUT2D eigenvalue weighted by Gasteiger charge is -2.10. The van der Waals surface area contributed by atoms with Crippen LogP contribution in [0.2, 0.25) is 0 Å². The van der Waals surface area contributed by atoms with Crippen molar-refractivity contribution in [3.8, 4) is 0 Å². The minimum absolute atomic E-state index is 0.0803. The molecule has 0 aromatic carbocycles. The summed E-state index contributed by atoms with van der Waals surface area (Å²) in [5.74, 6) is 0. The van der Waals surface area contributed by atoms with E-state index in [0.717, 1.165) is 25.1 Å². The van der Waals surface area contributed by atoms with Gasteiger partial charge in [0.1, 0.15) is 0 Å². The van der Waals surface area contributed by atoms with E-state index in [2.05, 4.69) is 20.2 Å². The quantitative estimate of drug-likeness (QED) is 0.672. The fourth-order valence-electron chi connectivity index (χ4n) is 2.33. The first-order chi connectivity index (χ1) is 9.54. The van der Waals surface area contributed by atoms with Gasteiger partial charge in [0, 0.05) is 31.0 Å². The number of nitrogens with zero attached hydrogens (tertiary/aromatic N) is 1. The van der Waals surface area contributed by atoms with Gasteiger partial charge in [-0.15, -0.1) is 0 Å². The van der Waals surface area contributed by atoms with Gasteiger partial charge >= 0.3 is 0 Å². The lowest BCUT2D eigenvalue weighted by atomic mass is 10.2. The minimum atomic E-state index is -3.57. The van der Waals surface area contributed by atoms with Crippen LogP contribution in [-0.4, -0.2) is 44.9 Å². The topological polar surface area (TPSA) is 96.1 Å². The van der Waals surface area contributed by atoms with Gasteiger partial charge in [0.25, 0.3) is 10.0 Å². The second-order valence-corrected chi connectivity index (χ2v) is 6.67. The summed E-state index contributed by atoms with van der Waals surface area (Å²) in [6, 6.07) is 0. The van der Waals surface area contributed by atoms with Crippen LogP contribution in [0.5, 0.6) is 0 Å². The van der Waals surface area contributed by atoms with Crippen LogP contribution < -0.4 is 10.0 Å². The molecule has 1 saturated heterocycles. The molecular weight excluding hydrogens is 280 g/mol. The van der Waals surface area contributed by atoms with Crippen LogP contribution in [0.15, 0.2) is 5.03 Å². The Kier molecular flexibility index (Phi) is 5.14. The first-order valence-electron chi connectivity index (χ1n) is 6.84. The molecule has 7 nitrogen and oxygen atoms in total. The van der Waals surface area contributed by atoms with E-state index >= 15 is 0 Å². The molecule has 3 N–H and O–H groups in total.